The maximum Gasteiger partial charge on any atom is 0.326 e. The van der Waals surface area contributed by atoms with Crippen LogP contribution in [0.4, 0.5) is 5.69 Å². The normalized spacial score (nSPS) is 14.9. The highest BCUT2D eigenvalue weighted by molar-refractivity contribution is 7.89. The standard InChI is InChI=1S/C14H16N2O6S/c1-14(2,3)22-11(17)7-16-10-5-4-8(23(15,20)21)6-9(10)12(18)13(16)19/h4-6H,7H2,1-3H3,(H2,15,20,21). The van der Waals surface area contributed by atoms with E-state index in [-0.39, 0.29) is 16.1 Å². The van der Waals surface area contributed by atoms with E-state index in [9.17, 15) is 22.8 Å². The van der Waals surface area contributed by atoms with E-state index >= 15 is 0 Å². The number of amides is 1. The van der Waals surface area contributed by atoms with Crippen LogP contribution in [-0.4, -0.2) is 38.2 Å². The lowest BCUT2D eigenvalue weighted by molar-refractivity contribution is -0.153. The van der Waals surface area contributed by atoms with Crippen LogP contribution in [0.2, 0.25) is 0 Å². The summed E-state index contributed by atoms with van der Waals surface area (Å²) in [5.41, 5.74) is -0.687. The molecule has 0 aromatic heterocycles. The number of rotatable bonds is 3. The minimum atomic E-state index is -4.00. The average Bonchev–Trinajstić information content (AvgIpc) is 2.60. The molecule has 124 valence electrons. The fourth-order valence-electron chi connectivity index (χ4n) is 2.12. The third-order valence-electron chi connectivity index (χ3n) is 2.98. The fraction of sp³-hybridized carbons (Fsp3) is 0.357. The summed E-state index contributed by atoms with van der Waals surface area (Å²) in [6, 6.07) is 3.46. The van der Waals surface area contributed by atoms with E-state index in [1.54, 1.807) is 20.8 Å². The number of fused-ring (bicyclic) bond motifs is 1. The minimum Gasteiger partial charge on any atom is -0.459 e. The van der Waals surface area contributed by atoms with Gasteiger partial charge in [0.1, 0.15) is 12.1 Å². The first kappa shape index (κ1) is 17.1. The molecule has 1 aromatic carbocycles. The van der Waals surface area contributed by atoms with Gasteiger partial charge in [-0.3, -0.25) is 19.3 Å². The number of benzene rings is 1. The zero-order chi connectivity index (χ0) is 17.6. The number of nitrogens with two attached hydrogens (primary N) is 1. The van der Waals surface area contributed by atoms with Crippen molar-refractivity contribution in [2.45, 2.75) is 31.3 Å². The summed E-state index contributed by atoms with van der Waals surface area (Å²) in [6.45, 7) is 4.58. The Morgan fingerprint density at radius 1 is 1.26 bits per heavy atom. The van der Waals surface area contributed by atoms with Crippen LogP contribution in [0.15, 0.2) is 23.1 Å². The van der Waals surface area contributed by atoms with E-state index in [0.717, 1.165) is 11.0 Å². The number of ether oxygens (including phenoxy) is 1. The lowest BCUT2D eigenvalue weighted by atomic mass is 10.1. The number of carbonyl (C=O) groups excluding carboxylic acids is 3. The smallest absolute Gasteiger partial charge is 0.326 e. The van der Waals surface area contributed by atoms with Crippen LogP contribution in [-0.2, 0) is 24.3 Å². The second-order valence-corrected chi connectivity index (χ2v) is 7.59. The van der Waals surface area contributed by atoms with E-state index in [2.05, 4.69) is 0 Å². The third kappa shape index (κ3) is 3.57. The van der Waals surface area contributed by atoms with Crippen molar-refractivity contribution in [1.82, 2.24) is 0 Å². The first-order valence-electron chi connectivity index (χ1n) is 6.65. The molecule has 0 saturated carbocycles. The number of carbonyl (C=O) groups is 3. The topological polar surface area (TPSA) is 124 Å². The predicted octanol–water partition coefficient (Wildman–Crippen LogP) is 0.205. The van der Waals surface area contributed by atoms with Crippen molar-refractivity contribution < 1.29 is 27.5 Å². The summed E-state index contributed by atoms with van der Waals surface area (Å²) >= 11 is 0. The number of Topliss-reactive ketones (excluding diaryl/α,β-unsaturated/α-hetero) is 1. The Morgan fingerprint density at radius 3 is 2.39 bits per heavy atom. The Morgan fingerprint density at radius 2 is 1.87 bits per heavy atom. The van der Waals surface area contributed by atoms with Gasteiger partial charge >= 0.3 is 5.97 Å². The van der Waals surface area contributed by atoms with Gasteiger partial charge < -0.3 is 4.74 Å². The highest BCUT2D eigenvalue weighted by Gasteiger charge is 2.38. The van der Waals surface area contributed by atoms with Gasteiger partial charge in [0.05, 0.1) is 16.1 Å². The Bertz CT molecular complexity index is 807. The molecule has 2 rings (SSSR count). The second kappa shape index (κ2) is 5.43. The zero-order valence-corrected chi connectivity index (χ0v) is 13.6. The van der Waals surface area contributed by atoms with Crippen molar-refractivity contribution >= 4 is 33.4 Å². The maximum atomic E-state index is 12.0. The Hall–Kier alpha value is -2.26. The van der Waals surface area contributed by atoms with Crippen LogP contribution in [0.3, 0.4) is 0 Å². The molecule has 1 aromatic rings. The molecule has 1 amide bonds. The van der Waals surface area contributed by atoms with Crippen LogP contribution < -0.4 is 10.0 Å². The fourth-order valence-corrected chi connectivity index (χ4v) is 2.66. The van der Waals surface area contributed by atoms with Gasteiger partial charge in [-0.15, -0.1) is 0 Å². The molecule has 0 spiro atoms. The van der Waals surface area contributed by atoms with Gasteiger partial charge in [0.25, 0.3) is 11.7 Å². The molecule has 9 heteroatoms. The predicted molar refractivity (Wildman–Crippen MR) is 80.3 cm³/mol. The number of nitrogens with zero attached hydrogens (tertiary/aromatic N) is 1. The highest BCUT2D eigenvalue weighted by Crippen LogP contribution is 2.30. The molecule has 0 aliphatic carbocycles. The first-order valence-corrected chi connectivity index (χ1v) is 8.20. The molecular formula is C14H16N2O6S. The minimum absolute atomic E-state index is 0.106. The molecule has 0 saturated heterocycles. The largest absolute Gasteiger partial charge is 0.459 e. The number of sulfonamides is 1. The van der Waals surface area contributed by atoms with E-state index in [1.165, 1.54) is 12.1 Å². The summed E-state index contributed by atoms with van der Waals surface area (Å²) in [7, 11) is -4.00. The van der Waals surface area contributed by atoms with Crippen molar-refractivity contribution in [2.75, 3.05) is 11.4 Å². The van der Waals surface area contributed by atoms with Gasteiger partial charge in [-0.2, -0.15) is 0 Å². The van der Waals surface area contributed by atoms with Gasteiger partial charge in [0.2, 0.25) is 10.0 Å². The van der Waals surface area contributed by atoms with Crippen molar-refractivity contribution in [3.8, 4) is 0 Å². The quantitative estimate of drug-likeness (QED) is 0.619. The van der Waals surface area contributed by atoms with Crippen LogP contribution in [0.25, 0.3) is 0 Å². The molecule has 0 fully saturated rings. The first-order chi connectivity index (χ1) is 10.4. The van der Waals surface area contributed by atoms with Gasteiger partial charge in [0, 0.05) is 0 Å². The summed E-state index contributed by atoms with van der Waals surface area (Å²) in [4.78, 5) is 36.5. The number of primary sulfonamides is 1. The van der Waals surface area contributed by atoms with Crippen LogP contribution in [0.1, 0.15) is 31.1 Å². The molecule has 23 heavy (non-hydrogen) atoms. The summed E-state index contributed by atoms with van der Waals surface area (Å²) in [6.07, 6.45) is 0. The van der Waals surface area contributed by atoms with Crippen LogP contribution >= 0.6 is 0 Å². The molecule has 1 aliphatic rings. The van der Waals surface area contributed by atoms with E-state index in [4.69, 9.17) is 9.88 Å². The molecule has 8 nitrogen and oxygen atoms in total. The van der Waals surface area contributed by atoms with E-state index < -0.39 is 39.8 Å². The Balaban J connectivity index is 2.35. The second-order valence-electron chi connectivity index (χ2n) is 6.03. The number of hydrogen-bond donors (Lipinski definition) is 1. The molecule has 0 atom stereocenters. The lowest BCUT2D eigenvalue weighted by Crippen LogP contribution is -2.38. The number of hydrogen-bond acceptors (Lipinski definition) is 6. The summed E-state index contributed by atoms with van der Waals surface area (Å²) in [5, 5.41) is 5.00. The van der Waals surface area contributed by atoms with E-state index in [0.29, 0.717) is 0 Å². The van der Waals surface area contributed by atoms with Crippen molar-refractivity contribution in [3.05, 3.63) is 23.8 Å². The molecule has 1 aliphatic heterocycles. The lowest BCUT2D eigenvalue weighted by Gasteiger charge is -2.22. The molecular weight excluding hydrogens is 324 g/mol. The number of ketones is 1. The monoisotopic (exact) mass is 340 g/mol. The number of anilines is 1. The SMILES string of the molecule is CC(C)(C)OC(=O)CN1C(=O)C(=O)c2cc(S(N)(=O)=O)ccc21. The Labute approximate surface area is 133 Å². The maximum absolute atomic E-state index is 12.0. The van der Waals surface area contributed by atoms with Crippen molar-refractivity contribution in [1.29, 1.82) is 0 Å². The number of esters is 1. The van der Waals surface area contributed by atoms with Gasteiger partial charge in [-0.1, -0.05) is 0 Å². The molecule has 2 N–H and O–H groups in total. The van der Waals surface area contributed by atoms with E-state index in [1.807, 2.05) is 0 Å². The van der Waals surface area contributed by atoms with Gasteiger partial charge in [-0.05, 0) is 39.0 Å². The van der Waals surface area contributed by atoms with Crippen molar-refractivity contribution in [3.63, 3.8) is 0 Å². The van der Waals surface area contributed by atoms with Gasteiger partial charge in [-0.25, -0.2) is 13.6 Å². The van der Waals surface area contributed by atoms with Crippen LogP contribution in [0.5, 0.6) is 0 Å². The Kier molecular flexibility index (Phi) is 4.03. The highest BCUT2D eigenvalue weighted by atomic mass is 32.2. The third-order valence-corrected chi connectivity index (χ3v) is 3.89. The van der Waals surface area contributed by atoms with Crippen LogP contribution in [0, 0.1) is 0 Å². The molecule has 0 unspecified atom stereocenters. The summed E-state index contributed by atoms with van der Waals surface area (Å²) < 4.78 is 27.8. The van der Waals surface area contributed by atoms with Gasteiger partial charge in [0.15, 0.2) is 0 Å². The molecule has 1 heterocycles. The molecule has 0 radical (unpaired) electrons. The molecule has 0 bridgehead atoms. The summed E-state index contributed by atoms with van der Waals surface area (Å²) in [5.74, 6) is -2.49. The van der Waals surface area contributed by atoms with Crippen molar-refractivity contribution in [2.24, 2.45) is 5.14 Å². The average molecular weight is 340 g/mol. The zero-order valence-electron chi connectivity index (χ0n) is 12.8.